The first kappa shape index (κ1) is 20.9. The lowest BCUT2D eigenvalue weighted by Crippen LogP contribution is -2.54. The van der Waals surface area contributed by atoms with Crippen LogP contribution < -0.4 is 4.74 Å². The van der Waals surface area contributed by atoms with Gasteiger partial charge >= 0.3 is 12.7 Å². The molecule has 1 aliphatic heterocycles. The zero-order chi connectivity index (χ0) is 19.5. The molecular formula is C18H25BrF2N2O3. The number of carbonyl (C=O) groups excluding carboxylic acids is 1. The van der Waals surface area contributed by atoms with E-state index in [9.17, 15) is 13.6 Å². The summed E-state index contributed by atoms with van der Waals surface area (Å²) >= 11 is 3.27. The molecule has 0 bridgehead atoms. The molecule has 1 fully saturated rings. The molecule has 0 N–H and O–H groups in total. The third kappa shape index (κ3) is 6.09. The molecule has 1 aromatic rings. The number of amides is 1. The highest BCUT2D eigenvalue weighted by Crippen LogP contribution is 2.28. The van der Waals surface area contributed by atoms with Gasteiger partial charge in [-0.3, -0.25) is 4.90 Å². The van der Waals surface area contributed by atoms with Crippen LogP contribution in [0.2, 0.25) is 0 Å². The maximum atomic E-state index is 12.3. The highest BCUT2D eigenvalue weighted by Gasteiger charge is 2.29. The van der Waals surface area contributed by atoms with Gasteiger partial charge in [0.25, 0.3) is 0 Å². The van der Waals surface area contributed by atoms with Crippen molar-refractivity contribution < 1.29 is 23.0 Å². The van der Waals surface area contributed by atoms with Crippen LogP contribution in [0.3, 0.4) is 0 Å². The molecule has 0 aromatic heterocycles. The number of rotatable bonds is 4. The zero-order valence-corrected chi connectivity index (χ0v) is 17.1. The molecule has 0 aliphatic carbocycles. The second kappa shape index (κ2) is 8.52. The second-order valence-electron chi connectivity index (χ2n) is 7.39. The van der Waals surface area contributed by atoms with Crippen molar-refractivity contribution in [3.8, 4) is 5.75 Å². The number of nitrogens with zero attached hydrogens (tertiary/aromatic N) is 2. The summed E-state index contributed by atoms with van der Waals surface area (Å²) in [4.78, 5) is 16.2. The van der Waals surface area contributed by atoms with Gasteiger partial charge in [-0.2, -0.15) is 8.78 Å². The van der Waals surface area contributed by atoms with Crippen LogP contribution in [0.4, 0.5) is 13.6 Å². The van der Waals surface area contributed by atoms with Gasteiger partial charge in [-0.05, 0) is 61.3 Å². The minimum Gasteiger partial charge on any atom is -0.444 e. The lowest BCUT2D eigenvalue weighted by Gasteiger charge is -2.40. The van der Waals surface area contributed by atoms with Crippen LogP contribution in [0.5, 0.6) is 5.75 Å². The molecule has 0 unspecified atom stereocenters. The van der Waals surface area contributed by atoms with Gasteiger partial charge in [0.05, 0.1) is 4.47 Å². The molecule has 1 heterocycles. The number of piperazine rings is 1. The zero-order valence-electron chi connectivity index (χ0n) is 15.5. The van der Waals surface area contributed by atoms with Crippen LogP contribution in [0, 0.1) is 0 Å². The van der Waals surface area contributed by atoms with E-state index in [2.05, 4.69) is 32.5 Å². The predicted molar refractivity (Wildman–Crippen MR) is 98.5 cm³/mol. The topological polar surface area (TPSA) is 42.0 Å². The Morgan fingerprint density at radius 1 is 1.35 bits per heavy atom. The Morgan fingerprint density at radius 2 is 2.04 bits per heavy atom. The summed E-state index contributed by atoms with van der Waals surface area (Å²) in [5, 5.41) is 0. The van der Waals surface area contributed by atoms with E-state index < -0.39 is 12.2 Å². The third-order valence-electron chi connectivity index (χ3n) is 4.01. The first-order valence-corrected chi connectivity index (χ1v) is 9.29. The van der Waals surface area contributed by atoms with E-state index in [1.165, 1.54) is 6.07 Å². The SMILES string of the molecule is C[C@@H]1CN(C(=O)OC(C)(C)C)CCN1Cc1ccc(OC(F)F)c(Br)c1. The van der Waals surface area contributed by atoms with Gasteiger partial charge in [0.1, 0.15) is 11.4 Å². The maximum Gasteiger partial charge on any atom is 0.410 e. The average molecular weight is 435 g/mol. The van der Waals surface area contributed by atoms with Crippen molar-refractivity contribution in [2.24, 2.45) is 0 Å². The number of ether oxygens (including phenoxy) is 2. The van der Waals surface area contributed by atoms with Crippen LogP contribution in [0.15, 0.2) is 22.7 Å². The summed E-state index contributed by atoms with van der Waals surface area (Å²) in [5.41, 5.74) is 0.474. The van der Waals surface area contributed by atoms with Crippen molar-refractivity contribution in [2.75, 3.05) is 19.6 Å². The van der Waals surface area contributed by atoms with Crippen LogP contribution in [-0.2, 0) is 11.3 Å². The minimum atomic E-state index is -2.85. The smallest absolute Gasteiger partial charge is 0.410 e. The monoisotopic (exact) mass is 434 g/mol. The fourth-order valence-corrected chi connectivity index (χ4v) is 3.31. The van der Waals surface area contributed by atoms with E-state index in [0.717, 1.165) is 5.56 Å². The normalized spacial score (nSPS) is 18.9. The number of halogens is 3. The Bertz CT molecular complexity index is 637. The summed E-state index contributed by atoms with van der Waals surface area (Å²) in [7, 11) is 0. The van der Waals surface area contributed by atoms with Crippen molar-refractivity contribution in [3.63, 3.8) is 0 Å². The fraction of sp³-hybridized carbons (Fsp3) is 0.611. The Kier molecular flexibility index (Phi) is 6.85. The summed E-state index contributed by atoms with van der Waals surface area (Å²) in [5.74, 6) is 0.117. The number of alkyl halides is 2. The van der Waals surface area contributed by atoms with Gasteiger partial charge in [-0.15, -0.1) is 0 Å². The predicted octanol–water partition coefficient (Wildman–Crippen LogP) is 4.49. The highest BCUT2D eigenvalue weighted by molar-refractivity contribution is 9.10. The van der Waals surface area contributed by atoms with Gasteiger partial charge in [0, 0.05) is 32.2 Å². The van der Waals surface area contributed by atoms with E-state index in [0.29, 0.717) is 30.7 Å². The number of carbonyl (C=O) groups is 1. The molecule has 1 saturated heterocycles. The molecule has 8 heteroatoms. The minimum absolute atomic E-state index is 0.117. The standard InChI is InChI=1S/C18H25BrF2N2O3/c1-12-10-23(17(24)26-18(2,3)4)8-7-22(12)11-13-5-6-15(14(19)9-13)25-16(20)21/h5-6,9,12,16H,7-8,10-11H2,1-4H3/t12-/m1/s1. The number of hydrogen-bond acceptors (Lipinski definition) is 4. The highest BCUT2D eigenvalue weighted by atomic mass is 79.9. The van der Waals surface area contributed by atoms with Crippen molar-refractivity contribution >= 4 is 22.0 Å². The first-order chi connectivity index (χ1) is 12.0. The molecule has 1 aliphatic rings. The van der Waals surface area contributed by atoms with Crippen molar-refractivity contribution in [1.29, 1.82) is 0 Å². The summed E-state index contributed by atoms with van der Waals surface area (Å²) < 4.78 is 35.0. The first-order valence-electron chi connectivity index (χ1n) is 8.50. The van der Waals surface area contributed by atoms with Crippen LogP contribution >= 0.6 is 15.9 Å². The van der Waals surface area contributed by atoms with E-state index in [4.69, 9.17) is 4.74 Å². The summed E-state index contributed by atoms with van der Waals surface area (Å²) in [6.07, 6.45) is -0.291. The van der Waals surface area contributed by atoms with Gasteiger partial charge in [0.15, 0.2) is 0 Å². The largest absolute Gasteiger partial charge is 0.444 e. The summed E-state index contributed by atoms with van der Waals surface area (Å²) in [6.45, 7) is 7.31. The molecule has 1 atom stereocenters. The molecule has 0 spiro atoms. The molecular weight excluding hydrogens is 410 g/mol. The molecule has 5 nitrogen and oxygen atoms in total. The quantitative estimate of drug-likeness (QED) is 0.699. The molecule has 2 rings (SSSR count). The second-order valence-corrected chi connectivity index (χ2v) is 8.24. The maximum absolute atomic E-state index is 12.3. The van der Waals surface area contributed by atoms with E-state index >= 15 is 0 Å². The molecule has 146 valence electrons. The van der Waals surface area contributed by atoms with Crippen molar-refractivity contribution in [1.82, 2.24) is 9.80 Å². The van der Waals surface area contributed by atoms with Gasteiger partial charge in [-0.1, -0.05) is 6.07 Å². The average Bonchev–Trinajstić information content (AvgIpc) is 2.50. The van der Waals surface area contributed by atoms with Crippen molar-refractivity contribution in [3.05, 3.63) is 28.2 Å². The summed E-state index contributed by atoms with van der Waals surface area (Å²) in [6, 6.07) is 5.25. The fourth-order valence-electron chi connectivity index (χ4n) is 2.79. The molecule has 26 heavy (non-hydrogen) atoms. The van der Waals surface area contributed by atoms with Gasteiger partial charge in [0.2, 0.25) is 0 Å². The van der Waals surface area contributed by atoms with Crippen LogP contribution in [0.25, 0.3) is 0 Å². The van der Waals surface area contributed by atoms with Crippen molar-refractivity contribution in [2.45, 2.75) is 52.5 Å². The molecule has 1 amide bonds. The van der Waals surface area contributed by atoms with E-state index in [-0.39, 0.29) is 17.9 Å². The van der Waals surface area contributed by atoms with E-state index in [1.807, 2.05) is 20.8 Å². The Morgan fingerprint density at radius 3 is 2.58 bits per heavy atom. The Balaban J connectivity index is 1.94. The lowest BCUT2D eigenvalue weighted by molar-refractivity contribution is -0.0504. The van der Waals surface area contributed by atoms with Crippen LogP contribution in [0.1, 0.15) is 33.3 Å². The van der Waals surface area contributed by atoms with Gasteiger partial charge < -0.3 is 14.4 Å². The lowest BCUT2D eigenvalue weighted by atomic mass is 10.1. The Hall–Kier alpha value is -1.41. The number of hydrogen-bond donors (Lipinski definition) is 0. The van der Waals surface area contributed by atoms with E-state index in [1.54, 1.807) is 17.0 Å². The van der Waals surface area contributed by atoms with Crippen LogP contribution in [-0.4, -0.2) is 53.8 Å². The van der Waals surface area contributed by atoms with Gasteiger partial charge in [-0.25, -0.2) is 4.79 Å². The third-order valence-corrected chi connectivity index (χ3v) is 4.63. The Labute approximate surface area is 161 Å². The molecule has 0 radical (unpaired) electrons. The number of benzene rings is 1. The molecule has 0 saturated carbocycles. The molecule has 1 aromatic carbocycles.